The van der Waals surface area contributed by atoms with E-state index < -0.39 is 38.8 Å². The number of thiazole rings is 1. The monoisotopic (exact) mass is 756 g/mol. The number of non-ortho nitro benzene ring substituents is 1. The third-order valence-electron chi connectivity index (χ3n) is 7.60. The standard InChI is InChI=1S/C35H25BrN4O9S/c1-3-48-34(42)29-30(21-10-6-4-7-11-21)37-35-38(31(29)22-12-8-5-9-13-22)33(41)28(50-35)18-20-16-24(36)32(27(17-20)47-2)49-26-15-14-23(39(43)44)19-25(26)40(45)46/h4-19,31H,3H2,1-2H3/b28-18-/t31-/m1/s1. The Balaban J connectivity index is 1.50. The summed E-state index contributed by atoms with van der Waals surface area (Å²) in [6.07, 6.45) is 1.63. The molecule has 0 spiro atoms. The minimum absolute atomic E-state index is 0.0683. The van der Waals surface area contributed by atoms with Crippen molar-refractivity contribution < 1.29 is 28.9 Å². The second kappa shape index (κ2) is 14.3. The first-order chi connectivity index (χ1) is 24.1. The highest BCUT2D eigenvalue weighted by molar-refractivity contribution is 9.10. The molecule has 0 N–H and O–H groups in total. The highest BCUT2D eigenvalue weighted by Crippen LogP contribution is 2.43. The second-order valence-corrected chi connectivity index (χ2v) is 12.5. The van der Waals surface area contributed by atoms with Gasteiger partial charge in [0.05, 0.1) is 55.9 Å². The SMILES string of the molecule is CCOC(=O)C1=C(c2ccccc2)N=c2s/c(=C\c3cc(Br)c(Oc4ccc([N+](=O)[O-])cc4[N+](=O)[O-])c(OC)c3)c(=O)n2[C@@H]1c1ccccc1. The number of nitro groups is 2. The lowest BCUT2D eigenvalue weighted by Gasteiger charge is -2.25. The number of hydrogen-bond donors (Lipinski definition) is 0. The molecule has 1 aliphatic heterocycles. The largest absolute Gasteiger partial charge is 0.493 e. The van der Waals surface area contributed by atoms with Gasteiger partial charge in [0, 0.05) is 11.6 Å². The predicted molar refractivity (Wildman–Crippen MR) is 188 cm³/mol. The average molecular weight is 758 g/mol. The van der Waals surface area contributed by atoms with Crippen LogP contribution < -0.4 is 24.4 Å². The van der Waals surface area contributed by atoms with Crippen molar-refractivity contribution in [3.05, 3.63) is 158 Å². The van der Waals surface area contributed by atoms with Crippen molar-refractivity contribution in [1.82, 2.24) is 4.57 Å². The third-order valence-corrected chi connectivity index (χ3v) is 9.17. The maximum atomic E-state index is 14.2. The molecule has 0 saturated heterocycles. The Labute approximate surface area is 295 Å². The number of ether oxygens (including phenoxy) is 3. The molecular weight excluding hydrogens is 732 g/mol. The molecule has 0 radical (unpaired) electrons. The van der Waals surface area contributed by atoms with Gasteiger partial charge in [0.25, 0.3) is 11.2 Å². The number of hydrogen-bond acceptors (Lipinski definition) is 11. The molecule has 1 aliphatic rings. The first-order valence-corrected chi connectivity index (χ1v) is 16.5. The van der Waals surface area contributed by atoms with Crippen LogP contribution in [0.3, 0.4) is 0 Å². The summed E-state index contributed by atoms with van der Waals surface area (Å²) in [5, 5.41) is 22.9. The Morgan fingerprint density at radius 1 is 0.980 bits per heavy atom. The van der Waals surface area contributed by atoms with Crippen molar-refractivity contribution in [3.8, 4) is 17.2 Å². The zero-order valence-corrected chi connectivity index (χ0v) is 28.7. The van der Waals surface area contributed by atoms with Crippen molar-refractivity contribution in [3.63, 3.8) is 0 Å². The van der Waals surface area contributed by atoms with Gasteiger partial charge in [0.15, 0.2) is 16.3 Å². The molecule has 1 atom stereocenters. The fourth-order valence-electron chi connectivity index (χ4n) is 5.42. The highest BCUT2D eigenvalue weighted by Gasteiger charge is 2.35. The number of nitro benzene ring substituents is 2. The van der Waals surface area contributed by atoms with Crippen LogP contribution >= 0.6 is 27.3 Å². The van der Waals surface area contributed by atoms with Gasteiger partial charge in [0.2, 0.25) is 5.75 Å². The zero-order chi connectivity index (χ0) is 35.5. The summed E-state index contributed by atoms with van der Waals surface area (Å²) < 4.78 is 19.0. The summed E-state index contributed by atoms with van der Waals surface area (Å²) in [6.45, 7) is 1.84. The summed E-state index contributed by atoms with van der Waals surface area (Å²) in [5.41, 5.74) is 1.05. The van der Waals surface area contributed by atoms with E-state index in [4.69, 9.17) is 19.2 Å². The maximum Gasteiger partial charge on any atom is 0.338 e. The molecule has 0 saturated carbocycles. The maximum absolute atomic E-state index is 14.2. The molecule has 0 bridgehead atoms. The fraction of sp³-hybridized carbons (Fsp3) is 0.114. The molecule has 252 valence electrons. The van der Waals surface area contributed by atoms with E-state index in [2.05, 4.69) is 15.9 Å². The van der Waals surface area contributed by atoms with Crippen LogP contribution in [0.5, 0.6) is 17.2 Å². The number of carbonyl (C=O) groups excluding carboxylic acids is 1. The summed E-state index contributed by atoms with van der Waals surface area (Å²) in [6, 6.07) is 23.8. The summed E-state index contributed by atoms with van der Waals surface area (Å²) >= 11 is 4.58. The molecule has 5 aromatic rings. The number of aromatic nitrogens is 1. The Kier molecular flexibility index (Phi) is 9.69. The van der Waals surface area contributed by atoms with Gasteiger partial charge in [-0.2, -0.15) is 0 Å². The van der Waals surface area contributed by atoms with Crippen LogP contribution in [0.15, 0.2) is 111 Å². The molecule has 6 rings (SSSR count). The quantitative estimate of drug-likeness (QED) is 0.0901. The van der Waals surface area contributed by atoms with E-state index in [1.54, 1.807) is 25.1 Å². The minimum Gasteiger partial charge on any atom is -0.493 e. The van der Waals surface area contributed by atoms with Crippen molar-refractivity contribution >= 4 is 56.4 Å². The molecule has 4 aromatic carbocycles. The Morgan fingerprint density at radius 3 is 2.32 bits per heavy atom. The Morgan fingerprint density at radius 2 is 1.68 bits per heavy atom. The average Bonchev–Trinajstić information content (AvgIpc) is 3.42. The van der Waals surface area contributed by atoms with Crippen molar-refractivity contribution in [1.29, 1.82) is 0 Å². The van der Waals surface area contributed by atoms with E-state index in [1.807, 2.05) is 60.7 Å². The molecule has 15 heteroatoms. The number of benzene rings is 4. The van der Waals surface area contributed by atoms with Crippen LogP contribution in [-0.4, -0.2) is 34.1 Å². The zero-order valence-electron chi connectivity index (χ0n) is 26.3. The van der Waals surface area contributed by atoms with E-state index in [0.717, 1.165) is 29.5 Å². The smallest absolute Gasteiger partial charge is 0.338 e. The van der Waals surface area contributed by atoms with Gasteiger partial charge in [-0.1, -0.05) is 72.0 Å². The second-order valence-electron chi connectivity index (χ2n) is 10.6. The normalized spacial score (nSPS) is 14.1. The lowest BCUT2D eigenvalue weighted by molar-refractivity contribution is -0.394. The molecular formula is C35H25BrN4O9S. The van der Waals surface area contributed by atoms with Crippen LogP contribution in [0.1, 0.15) is 29.7 Å². The minimum atomic E-state index is -0.835. The first kappa shape index (κ1) is 34.0. The summed E-state index contributed by atoms with van der Waals surface area (Å²) in [5.74, 6) is -0.605. The number of esters is 1. The topological polar surface area (TPSA) is 165 Å². The van der Waals surface area contributed by atoms with Gasteiger partial charge < -0.3 is 14.2 Å². The molecule has 1 aromatic heterocycles. The Bertz CT molecular complexity index is 2370. The van der Waals surface area contributed by atoms with E-state index >= 15 is 0 Å². The van der Waals surface area contributed by atoms with Crippen LogP contribution in [0, 0.1) is 20.2 Å². The van der Waals surface area contributed by atoms with Crippen molar-refractivity contribution in [2.75, 3.05) is 13.7 Å². The Hall–Kier alpha value is -5.93. The van der Waals surface area contributed by atoms with Gasteiger partial charge in [-0.05, 0) is 58.3 Å². The number of methoxy groups -OCH3 is 1. The van der Waals surface area contributed by atoms with Crippen molar-refractivity contribution in [2.45, 2.75) is 13.0 Å². The molecule has 50 heavy (non-hydrogen) atoms. The van der Waals surface area contributed by atoms with Crippen LogP contribution in [0.4, 0.5) is 11.4 Å². The third kappa shape index (κ3) is 6.55. The summed E-state index contributed by atoms with van der Waals surface area (Å²) in [4.78, 5) is 54.4. The van der Waals surface area contributed by atoms with Gasteiger partial charge in [-0.25, -0.2) is 9.79 Å². The molecule has 0 amide bonds. The number of nitrogens with zero attached hydrogens (tertiary/aromatic N) is 4. The predicted octanol–water partition coefficient (Wildman–Crippen LogP) is 6.32. The number of halogens is 1. The van der Waals surface area contributed by atoms with E-state index in [1.165, 1.54) is 11.7 Å². The first-order valence-electron chi connectivity index (χ1n) is 14.9. The number of carbonyl (C=O) groups is 1. The highest BCUT2D eigenvalue weighted by atomic mass is 79.9. The molecule has 2 heterocycles. The van der Waals surface area contributed by atoms with Gasteiger partial charge >= 0.3 is 11.7 Å². The fourth-order valence-corrected chi connectivity index (χ4v) is 6.96. The van der Waals surface area contributed by atoms with E-state index in [9.17, 15) is 29.8 Å². The molecule has 0 unspecified atom stereocenters. The van der Waals surface area contributed by atoms with Crippen molar-refractivity contribution in [2.24, 2.45) is 4.99 Å². The van der Waals surface area contributed by atoms with Crippen LogP contribution in [0.2, 0.25) is 0 Å². The lowest BCUT2D eigenvalue weighted by Crippen LogP contribution is -2.39. The van der Waals surface area contributed by atoms with Crippen LogP contribution in [-0.2, 0) is 9.53 Å². The van der Waals surface area contributed by atoms with Gasteiger partial charge in [-0.15, -0.1) is 0 Å². The van der Waals surface area contributed by atoms with E-state index in [-0.39, 0.29) is 29.4 Å². The number of rotatable bonds is 10. The van der Waals surface area contributed by atoms with Gasteiger partial charge in [0.1, 0.15) is 0 Å². The molecule has 0 fully saturated rings. The van der Waals surface area contributed by atoms with Gasteiger partial charge in [-0.3, -0.25) is 29.6 Å². The summed E-state index contributed by atoms with van der Waals surface area (Å²) in [7, 11) is 1.37. The lowest BCUT2D eigenvalue weighted by atomic mass is 9.93. The number of fused-ring (bicyclic) bond motifs is 1. The van der Waals surface area contributed by atoms with Crippen LogP contribution in [0.25, 0.3) is 11.8 Å². The molecule has 0 aliphatic carbocycles. The molecule has 13 nitrogen and oxygen atoms in total. The van der Waals surface area contributed by atoms with E-state index in [0.29, 0.717) is 36.2 Å².